The minimum Gasteiger partial charge on any atom is -0.486 e. The van der Waals surface area contributed by atoms with Gasteiger partial charge in [0.05, 0.1) is 18.8 Å². The number of rotatable bonds is 4. The molecule has 1 aliphatic rings. The van der Waals surface area contributed by atoms with Gasteiger partial charge in [-0.2, -0.15) is 0 Å². The third-order valence-corrected chi connectivity index (χ3v) is 3.36. The van der Waals surface area contributed by atoms with Crippen molar-refractivity contribution in [3.63, 3.8) is 0 Å². The van der Waals surface area contributed by atoms with Crippen molar-refractivity contribution in [3.8, 4) is 17.4 Å². The van der Waals surface area contributed by atoms with E-state index in [9.17, 15) is 0 Å². The molecule has 0 saturated heterocycles. The Labute approximate surface area is 123 Å². The number of hydrogen-bond acceptors (Lipinski definition) is 6. The van der Waals surface area contributed by atoms with Crippen LogP contribution >= 0.6 is 0 Å². The molecule has 110 valence electrons. The molecule has 2 aromatic rings. The maximum Gasteiger partial charge on any atom is 0.216 e. The largest absolute Gasteiger partial charge is 0.486 e. The molecule has 3 rings (SSSR count). The Kier molecular flexibility index (Phi) is 3.87. The van der Waals surface area contributed by atoms with E-state index in [2.05, 4.69) is 15.3 Å². The van der Waals surface area contributed by atoms with E-state index in [0.29, 0.717) is 19.1 Å². The smallest absolute Gasteiger partial charge is 0.216 e. The number of nitrogens with one attached hydrogen (secondary N) is 1. The Bertz CT molecular complexity index is 633. The summed E-state index contributed by atoms with van der Waals surface area (Å²) in [7, 11) is 3.47. The lowest BCUT2D eigenvalue weighted by molar-refractivity contribution is 0.171. The number of hydrogen-bond donors (Lipinski definition) is 1. The predicted octanol–water partition coefficient (Wildman–Crippen LogP) is 1.57. The van der Waals surface area contributed by atoms with E-state index in [1.165, 1.54) is 6.33 Å². The normalized spacial score (nSPS) is 14.6. The summed E-state index contributed by atoms with van der Waals surface area (Å²) in [6.07, 6.45) is 1.50. The number of benzene rings is 1. The SMILES string of the molecule is CNC(c1ccc2c(c1)OCCO2)c1cc(OC)ncn1. The van der Waals surface area contributed by atoms with Crippen LogP contribution in [-0.2, 0) is 0 Å². The third-order valence-electron chi connectivity index (χ3n) is 3.36. The van der Waals surface area contributed by atoms with Gasteiger partial charge >= 0.3 is 0 Å². The van der Waals surface area contributed by atoms with Crippen molar-refractivity contribution < 1.29 is 14.2 Å². The predicted molar refractivity (Wildman–Crippen MR) is 76.9 cm³/mol. The summed E-state index contributed by atoms with van der Waals surface area (Å²) in [5.41, 5.74) is 1.88. The lowest BCUT2D eigenvalue weighted by atomic mass is 10.0. The van der Waals surface area contributed by atoms with E-state index in [1.807, 2.05) is 31.3 Å². The molecular weight excluding hydrogens is 270 g/mol. The first-order valence-corrected chi connectivity index (χ1v) is 6.74. The topological polar surface area (TPSA) is 65.5 Å². The van der Waals surface area contributed by atoms with E-state index < -0.39 is 0 Å². The summed E-state index contributed by atoms with van der Waals surface area (Å²) in [6.45, 7) is 1.16. The van der Waals surface area contributed by atoms with Gasteiger partial charge in [0, 0.05) is 6.07 Å². The molecule has 0 saturated carbocycles. The lowest BCUT2D eigenvalue weighted by Gasteiger charge is -2.22. The Morgan fingerprint density at radius 1 is 1.14 bits per heavy atom. The average molecular weight is 287 g/mol. The third kappa shape index (κ3) is 2.75. The van der Waals surface area contributed by atoms with Gasteiger partial charge in [-0.15, -0.1) is 0 Å². The lowest BCUT2D eigenvalue weighted by Crippen LogP contribution is -2.20. The van der Waals surface area contributed by atoms with Crippen molar-refractivity contribution in [3.05, 3.63) is 41.9 Å². The van der Waals surface area contributed by atoms with Crippen LogP contribution in [-0.4, -0.2) is 37.3 Å². The van der Waals surface area contributed by atoms with E-state index in [0.717, 1.165) is 22.8 Å². The van der Waals surface area contributed by atoms with E-state index in [1.54, 1.807) is 7.11 Å². The second-order valence-corrected chi connectivity index (χ2v) is 4.61. The Morgan fingerprint density at radius 2 is 1.95 bits per heavy atom. The van der Waals surface area contributed by atoms with Crippen LogP contribution in [0.15, 0.2) is 30.6 Å². The summed E-state index contributed by atoms with van der Waals surface area (Å²) in [4.78, 5) is 8.35. The maximum atomic E-state index is 5.63. The molecule has 0 bridgehead atoms. The fourth-order valence-electron chi connectivity index (χ4n) is 2.35. The number of ether oxygens (including phenoxy) is 3. The van der Waals surface area contributed by atoms with Crippen LogP contribution in [0.2, 0.25) is 0 Å². The minimum atomic E-state index is -0.0715. The zero-order valence-corrected chi connectivity index (χ0v) is 12.0. The van der Waals surface area contributed by atoms with Crippen molar-refractivity contribution in [1.82, 2.24) is 15.3 Å². The highest BCUT2D eigenvalue weighted by atomic mass is 16.6. The Morgan fingerprint density at radius 3 is 2.71 bits per heavy atom. The molecule has 1 atom stereocenters. The van der Waals surface area contributed by atoms with Crippen molar-refractivity contribution in [2.45, 2.75) is 6.04 Å². The molecule has 1 N–H and O–H groups in total. The Hall–Kier alpha value is -2.34. The number of methoxy groups -OCH3 is 1. The zero-order valence-electron chi connectivity index (χ0n) is 12.0. The van der Waals surface area contributed by atoms with Gasteiger partial charge in [-0.1, -0.05) is 6.07 Å². The standard InChI is InChI=1S/C15H17N3O3/c1-16-15(11-8-14(19-2)18-9-17-11)10-3-4-12-13(7-10)21-6-5-20-12/h3-4,7-9,15-16H,5-6H2,1-2H3. The summed E-state index contributed by atoms with van der Waals surface area (Å²) < 4.78 is 16.3. The molecule has 6 heteroatoms. The van der Waals surface area contributed by atoms with Crippen LogP contribution in [0.4, 0.5) is 0 Å². The van der Waals surface area contributed by atoms with Crippen molar-refractivity contribution >= 4 is 0 Å². The molecule has 0 spiro atoms. The zero-order chi connectivity index (χ0) is 14.7. The molecule has 0 radical (unpaired) electrons. The van der Waals surface area contributed by atoms with Crippen LogP contribution in [0, 0.1) is 0 Å². The van der Waals surface area contributed by atoms with Crippen molar-refractivity contribution in [2.75, 3.05) is 27.4 Å². The van der Waals surface area contributed by atoms with Gasteiger partial charge in [0.25, 0.3) is 0 Å². The van der Waals surface area contributed by atoms with Gasteiger partial charge in [-0.25, -0.2) is 9.97 Å². The molecule has 0 fully saturated rings. The molecule has 1 unspecified atom stereocenters. The fraction of sp³-hybridized carbons (Fsp3) is 0.333. The minimum absolute atomic E-state index is 0.0715. The quantitative estimate of drug-likeness (QED) is 0.920. The van der Waals surface area contributed by atoms with E-state index >= 15 is 0 Å². The molecule has 1 aromatic carbocycles. The van der Waals surface area contributed by atoms with Gasteiger partial charge in [0.15, 0.2) is 11.5 Å². The first-order valence-electron chi connectivity index (χ1n) is 6.74. The first kappa shape index (κ1) is 13.6. The second kappa shape index (κ2) is 5.97. The Balaban J connectivity index is 1.95. The van der Waals surface area contributed by atoms with Crippen LogP contribution < -0.4 is 19.5 Å². The van der Waals surface area contributed by atoms with Crippen LogP contribution in [0.5, 0.6) is 17.4 Å². The monoisotopic (exact) mass is 287 g/mol. The van der Waals surface area contributed by atoms with Crippen molar-refractivity contribution in [1.29, 1.82) is 0 Å². The molecule has 0 amide bonds. The fourth-order valence-corrected chi connectivity index (χ4v) is 2.35. The highest BCUT2D eigenvalue weighted by molar-refractivity contribution is 5.46. The number of nitrogens with zero attached hydrogens (tertiary/aromatic N) is 2. The molecular formula is C15H17N3O3. The summed E-state index contributed by atoms with van der Waals surface area (Å²) in [6, 6.07) is 7.65. The molecule has 1 aliphatic heterocycles. The molecule has 21 heavy (non-hydrogen) atoms. The van der Waals surface area contributed by atoms with Crippen molar-refractivity contribution in [2.24, 2.45) is 0 Å². The van der Waals surface area contributed by atoms with Crippen LogP contribution in [0.25, 0.3) is 0 Å². The van der Waals surface area contributed by atoms with Crippen LogP contribution in [0.1, 0.15) is 17.3 Å². The number of fused-ring (bicyclic) bond motifs is 1. The summed E-state index contributed by atoms with van der Waals surface area (Å²) in [5.74, 6) is 2.08. The second-order valence-electron chi connectivity index (χ2n) is 4.61. The highest BCUT2D eigenvalue weighted by Gasteiger charge is 2.18. The first-order chi connectivity index (χ1) is 10.3. The molecule has 1 aromatic heterocycles. The van der Waals surface area contributed by atoms with E-state index in [4.69, 9.17) is 14.2 Å². The van der Waals surface area contributed by atoms with Gasteiger partial charge in [0.1, 0.15) is 19.5 Å². The average Bonchev–Trinajstić information content (AvgIpc) is 2.56. The summed E-state index contributed by atoms with van der Waals surface area (Å²) >= 11 is 0. The number of aromatic nitrogens is 2. The van der Waals surface area contributed by atoms with Gasteiger partial charge in [-0.3, -0.25) is 0 Å². The highest BCUT2D eigenvalue weighted by Crippen LogP contribution is 2.34. The maximum absolute atomic E-state index is 5.63. The molecule has 0 aliphatic carbocycles. The van der Waals surface area contributed by atoms with Gasteiger partial charge < -0.3 is 19.5 Å². The molecule has 6 nitrogen and oxygen atoms in total. The van der Waals surface area contributed by atoms with Gasteiger partial charge in [-0.05, 0) is 24.7 Å². The van der Waals surface area contributed by atoms with Gasteiger partial charge in [0.2, 0.25) is 5.88 Å². The van der Waals surface area contributed by atoms with E-state index in [-0.39, 0.29) is 6.04 Å². The summed E-state index contributed by atoms with van der Waals surface area (Å²) in [5, 5.41) is 3.25. The van der Waals surface area contributed by atoms with Crippen LogP contribution in [0.3, 0.4) is 0 Å². The molecule has 2 heterocycles.